The topological polar surface area (TPSA) is 147 Å². The minimum atomic E-state index is -0.545. The average molecular weight is 445 g/mol. The molecular formula is C20H24N6O4S. The number of nitrogens with zero attached hydrogens (tertiary/aromatic N) is 3. The quantitative estimate of drug-likeness (QED) is 0.160. The predicted octanol–water partition coefficient (Wildman–Crippen LogP) is 0.688. The van der Waals surface area contributed by atoms with Crippen LogP contribution < -0.4 is 28.4 Å². The SMILES string of the molecule is CCOC(=O)c1sc2c(c1C)c(=O)n(C/C(=N/N)NN)c(=O)n2CCc1ccccc1. The fourth-order valence-electron chi connectivity index (χ4n) is 3.28. The summed E-state index contributed by atoms with van der Waals surface area (Å²) in [5.74, 6) is 10.2. The number of hydrogen-bond donors (Lipinski definition) is 3. The highest BCUT2D eigenvalue weighted by Gasteiger charge is 2.24. The Morgan fingerprint density at radius 3 is 2.55 bits per heavy atom. The van der Waals surface area contributed by atoms with E-state index in [1.165, 1.54) is 4.57 Å². The van der Waals surface area contributed by atoms with E-state index in [1.54, 1.807) is 13.8 Å². The van der Waals surface area contributed by atoms with E-state index < -0.39 is 17.2 Å². The molecule has 0 spiro atoms. The molecule has 0 bridgehead atoms. The molecule has 0 atom stereocenters. The highest BCUT2D eigenvalue weighted by molar-refractivity contribution is 7.20. The number of nitrogens with two attached hydrogens (primary N) is 2. The second-order valence-corrected chi connectivity index (χ2v) is 7.74. The van der Waals surface area contributed by atoms with Crippen molar-refractivity contribution in [3.05, 3.63) is 67.2 Å². The molecule has 0 aliphatic heterocycles. The number of aryl methyl sites for hydroxylation is 3. The lowest BCUT2D eigenvalue weighted by molar-refractivity contribution is 0.0531. The number of thiophene rings is 1. The maximum absolute atomic E-state index is 13.3. The molecule has 2 heterocycles. The summed E-state index contributed by atoms with van der Waals surface area (Å²) < 4.78 is 7.62. The maximum Gasteiger partial charge on any atom is 0.348 e. The van der Waals surface area contributed by atoms with Gasteiger partial charge in [-0.25, -0.2) is 15.4 Å². The molecule has 10 nitrogen and oxygen atoms in total. The van der Waals surface area contributed by atoms with Crippen LogP contribution in [0.25, 0.3) is 10.2 Å². The van der Waals surface area contributed by atoms with Crippen molar-refractivity contribution in [2.24, 2.45) is 16.8 Å². The van der Waals surface area contributed by atoms with Gasteiger partial charge < -0.3 is 16.0 Å². The molecule has 3 aromatic rings. The van der Waals surface area contributed by atoms with Crippen molar-refractivity contribution in [1.29, 1.82) is 0 Å². The molecule has 0 fully saturated rings. The zero-order valence-electron chi connectivity index (χ0n) is 17.3. The first-order valence-corrected chi connectivity index (χ1v) is 10.5. The van der Waals surface area contributed by atoms with Gasteiger partial charge in [-0.05, 0) is 31.4 Å². The predicted molar refractivity (Wildman–Crippen MR) is 120 cm³/mol. The van der Waals surface area contributed by atoms with Gasteiger partial charge in [-0.1, -0.05) is 30.3 Å². The number of aromatic nitrogens is 2. The molecule has 0 saturated heterocycles. The third kappa shape index (κ3) is 4.37. The number of esters is 1. The van der Waals surface area contributed by atoms with Crippen molar-refractivity contribution in [2.45, 2.75) is 33.4 Å². The summed E-state index contributed by atoms with van der Waals surface area (Å²) in [6.07, 6.45) is 0.562. The maximum atomic E-state index is 13.3. The largest absolute Gasteiger partial charge is 0.462 e. The number of nitrogens with one attached hydrogen (secondary N) is 1. The van der Waals surface area contributed by atoms with Crippen molar-refractivity contribution in [2.75, 3.05) is 6.61 Å². The summed E-state index contributed by atoms with van der Waals surface area (Å²) in [6, 6.07) is 9.66. The molecule has 31 heavy (non-hydrogen) atoms. The van der Waals surface area contributed by atoms with Gasteiger partial charge in [0.05, 0.1) is 18.5 Å². The summed E-state index contributed by atoms with van der Waals surface area (Å²) >= 11 is 1.08. The summed E-state index contributed by atoms with van der Waals surface area (Å²) in [7, 11) is 0. The molecule has 164 valence electrons. The normalized spacial score (nSPS) is 11.6. The zero-order valence-corrected chi connectivity index (χ0v) is 18.1. The van der Waals surface area contributed by atoms with Crippen LogP contribution in [0, 0.1) is 6.92 Å². The Bertz CT molecular complexity index is 1240. The third-order valence-corrected chi connectivity index (χ3v) is 6.15. The van der Waals surface area contributed by atoms with Crippen LogP contribution in [0.3, 0.4) is 0 Å². The van der Waals surface area contributed by atoms with E-state index in [1.807, 2.05) is 30.3 Å². The number of hydrazone groups is 1. The molecule has 0 amide bonds. The fraction of sp³-hybridized carbons (Fsp3) is 0.300. The molecular weight excluding hydrogens is 420 g/mol. The fourth-order valence-corrected chi connectivity index (χ4v) is 4.49. The van der Waals surface area contributed by atoms with Crippen LogP contribution in [0.5, 0.6) is 0 Å². The number of rotatable bonds is 7. The average Bonchev–Trinajstić information content (AvgIpc) is 3.12. The second kappa shape index (κ2) is 9.58. The third-order valence-electron chi connectivity index (χ3n) is 4.85. The Morgan fingerprint density at radius 2 is 1.94 bits per heavy atom. The van der Waals surface area contributed by atoms with Gasteiger partial charge in [0.1, 0.15) is 9.71 Å². The zero-order chi connectivity index (χ0) is 22.5. The molecule has 2 aromatic heterocycles. The molecule has 1 aromatic carbocycles. The first-order chi connectivity index (χ1) is 14.9. The number of amidine groups is 1. The lowest BCUT2D eigenvalue weighted by Crippen LogP contribution is -2.45. The number of carbonyl (C=O) groups is 1. The van der Waals surface area contributed by atoms with Crippen molar-refractivity contribution in [3.8, 4) is 0 Å². The monoisotopic (exact) mass is 444 g/mol. The summed E-state index contributed by atoms with van der Waals surface area (Å²) in [5.41, 5.74) is 2.70. The summed E-state index contributed by atoms with van der Waals surface area (Å²) in [6.45, 7) is 3.66. The van der Waals surface area contributed by atoms with Crippen LogP contribution in [0.2, 0.25) is 0 Å². The summed E-state index contributed by atoms with van der Waals surface area (Å²) in [4.78, 5) is 39.6. The van der Waals surface area contributed by atoms with E-state index in [0.717, 1.165) is 21.5 Å². The van der Waals surface area contributed by atoms with E-state index in [0.29, 0.717) is 28.2 Å². The van der Waals surface area contributed by atoms with Crippen molar-refractivity contribution in [1.82, 2.24) is 14.6 Å². The first kappa shape index (κ1) is 22.2. The van der Waals surface area contributed by atoms with Crippen molar-refractivity contribution >= 4 is 33.4 Å². The van der Waals surface area contributed by atoms with Crippen LogP contribution in [0.4, 0.5) is 0 Å². The standard InChI is InChI=1S/C20H24N6O4S/c1-3-30-19(28)16-12(2)15-17(27)26(11-14(23-21)24-22)20(29)25(18(15)31-16)10-9-13-7-5-4-6-8-13/h4-8H,3,9-11,21-22H2,1-2H3,(H,23,24). The lowest BCUT2D eigenvalue weighted by Gasteiger charge is -2.13. The Kier molecular flexibility index (Phi) is 6.88. The Morgan fingerprint density at radius 1 is 1.23 bits per heavy atom. The van der Waals surface area contributed by atoms with Gasteiger partial charge in [0, 0.05) is 6.54 Å². The van der Waals surface area contributed by atoms with Crippen LogP contribution in [-0.4, -0.2) is 27.5 Å². The molecule has 0 radical (unpaired) electrons. The van der Waals surface area contributed by atoms with Crippen LogP contribution in [0.1, 0.15) is 27.7 Å². The molecule has 5 N–H and O–H groups in total. The summed E-state index contributed by atoms with van der Waals surface area (Å²) in [5, 5.41) is 3.75. The minimum Gasteiger partial charge on any atom is -0.462 e. The highest BCUT2D eigenvalue weighted by atomic mass is 32.1. The van der Waals surface area contributed by atoms with E-state index in [2.05, 4.69) is 10.5 Å². The Labute approximate surface area is 181 Å². The molecule has 11 heteroatoms. The molecule has 0 aliphatic carbocycles. The van der Waals surface area contributed by atoms with Gasteiger partial charge in [0.15, 0.2) is 5.84 Å². The van der Waals surface area contributed by atoms with Crippen molar-refractivity contribution in [3.63, 3.8) is 0 Å². The highest BCUT2D eigenvalue weighted by Crippen LogP contribution is 2.28. The van der Waals surface area contributed by atoms with Crippen LogP contribution in [-0.2, 0) is 24.2 Å². The number of benzene rings is 1. The van der Waals surface area contributed by atoms with Gasteiger partial charge in [0.2, 0.25) is 0 Å². The first-order valence-electron chi connectivity index (χ1n) is 9.64. The molecule has 0 unspecified atom stereocenters. The molecule has 0 aliphatic rings. The second-order valence-electron chi connectivity index (χ2n) is 6.74. The minimum absolute atomic E-state index is 0.0617. The number of ether oxygens (including phenoxy) is 1. The van der Waals surface area contributed by atoms with Crippen LogP contribution >= 0.6 is 11.3 Å². The number of hydrogen-bond acceptors (Lipinski definition) is 8. The molecule has 3 rings (SSSR count). The van der Waals surface area contributed by atoms with Crippen molar-refractivity contribution < 1.29 is 9.53 Å². The van der Waals surface area contributed by atoms with E-state index >= 15 is 0 Å². The van der Waals surface area contributed by atoms with Gasteiger partial charge in [-0.2, -0.15) is 5.10 Å². The lowest BCUT2D eigenvalue weighted by atomic mass is 10.1. The number of carbonyl (C=O) groups excluding carboxylic acids is 1. The van der Waals surface area contributed by atoms with Gasteiger partial charge in [0.25, 0.3) is 5.56 Å². The number of fused-ring (bicyclic) bond motifs is 1. The Hall–Kier alpha value is -3.44. The smallest absolute Gasteiger partial charge is 0.348 e. The van der Waals surface area contributed by atoms with Crippen LogP contribution in [0.15, 0.2) is 45.0 Å². The molecule has 0 saturated carbocycles. The van der Waals surface area contributed by atoms with Gasteiger partial charge in [-0.15, -0.1) is 11.3 Å². The van der Waals surface area contributed by atoms with E-state index in [4.69, 9.17) is 16.4 Å². The van der Waals surface area contributed by atoms with Gasteiger partial charge in [-0.3, -0.25) is 13.9 Å². The van der Waals surface area contributed by atoms with Gasteiger partial charge >= 0.3 is 11.7 Å². The number of hydrazine groups is 1. The Balaban J connectivity index is 2.22. The van der Waals surface area contributed by atoms with E-state index in [-0.39, 0.29) is 24.4 Å². The van der Waals surface area contributed by atoms with E-state index in [9.17, 15) is 14.4 Å².